The molecule has 0 aromatic heterocycles. The standard InChI is InChI=1S/C16H33N3O2/c1-12(18(8)9)13(21)17-15(4,5)14(2,3)16(6,7)19(10)11-20/h11-12H,1-10H3,(H,17,21)/i11D. The molecule has 0 radical (unpaired) electrons. The van der Waals surface area contributed by atoms with Crippen molar-refractivity contribution in [3.63, 3.8) is 0 Å². The van der Waals surface area contributed by atoms with Crippen molar-refractivity contribution in [3.8, 4) is 0 Å². The highest BCUT2D eigenvalue weighted by Crippen LogP contribution is 2.43. The Labute approximate surface area is 131 Å². The van der Waals surface area contributed by atoms with E-state index in [2.05, 4.69) is 5.32 Å². The molecule has 0 saturated carbocycles. The van der Waals surface area contributed by atoms with Gasteiger partial charge in [0, 0.05) is 23.5 Å². The molecule has 124 valence electrons. The van der Waals surface area contributed by atoms with Crippen molar-refractivity contribution in [1.82, 2.24) is 15.1 Å². The number of amides is 2. The normalized spacial score (nSPS) is 15.5. The number of carbonyl (C=O) groups is 2. The Morgan fingerprint density at radius 1 is 1.14 bits per heavy atom. The topological polar surface area (TPSA) is 52.7 Å². The second-order valence-electron chi connectivity index (χ2n) is 7.59. The van der Waals surface area contributed by atoms with Crippen LogP contribution in [0.1, 0.15) is 49.8 Å². The minimum Gasteiger partial charge on any atom is -0.349 e. The van der Waals surface area contributed by atoms with Gasteiger partial charge in [-0.15, -0.1) is 0 Å². The Balaban J connectivity index is 5.49. The van der Waals surface area contributed by atoms with Crippen molar-refractivity contribution in [2.45, 2.75) is 65.6 Å². The molecule has 0 spiro atoms. The Bertz CT molecular complexity index is 431. The maximum Gasteiger partial charge on any atom is 0.237 e. The molecule has 0 fully saturated rings. The van der Waals surface area contributed by atoms with E-state index in [-0.39, 0.29) is 11.9 Å². The number of likely N-dealkylation sites (N-methyl/N-ethyl adjacent to an activating group) is 1. The van der Waals surface area contributed by atoms with Crippen LogP contribution in [0.25, 0.3) is 0 Å². The van der Waals surface area contributed by atoms with E-state index in [0.717, 1.165) is 0 Å². The van der Waals surface area contributed by atoms with E-state index in [1.165, 1.54) is 4.90 Å². The van der Waals surface area contributed by atoms with Crippen LogP contribution in [-0.2, 0) is 9.59 Å². The van der Waals surface area contributed by atoms with E-state index < -0.39 is 22.9 Å². The van der Waals surface area contributed by atoms with Crippen molar-refractivity contribution in [2.75, 3.05) is 21.1 Å². The van der Waals surface area contributed by atoms with Gasteiger partial charge in [-0.1, -0.05) is 13.8 Å². The molecule has 0 bridgehead atoms. The summed E-state index contributed by atoms with van der Waals surface area (Å²) in [5.74, 6) is -0.0567. The Morgan fingerprint density at radius 2 is 1.57 bits per heavy atom. The minimum atomic E-state index is -0.734. The van der Waals surface area contributed by atoms with E-state index >= 15 is 0 Å². The summed E-state index contributed by atoms with van der Waals surface area (Å²) in [5, 5.41) is 3.10. The highest BCUT2D eigenvalue weighted by molar-refractivity contribution is 5.82. The second kappa shape index (κ2) is 6.34. The molecule has 0 saturated heterocycles. The number of carbonyl (C=O) groups excluding carboxylic acids is 2. The van der Waals surface area contributed by atoms with Crippen LogP contribution in [0.15, 0.2) is 0 Å². The lowest BCUT2D eigenvalue weighted by atomic mass is 9.62. The fraction of sp³-hybridized carbons (Fsp3) is 0.875. The van der Waals surface area contributed by atoms with Gasteiger partial charge in [-0.2, -0.15) is 0 Å². The molecule has 0 aliphatic carbocycles. The molecule has 21 heavy (non-hydrogen) atoms. The van der Waals surface area contributed by atoms with Gasteiger partial charge in [0.1, 0.15) is 1.37 Å². The van der Waals surface area contributed by atoms with Gasteiger partial charge < -0.3 is 10.2 Å². The molecular formula is C16H33N3O2. The predicted molar refractivity (Wildman–Crippen MR) is 87.1 cm³/mol. The number of rotatable bonds is 6. The third kappa shape index (κ3) is 3.76. The zero-order valence-corrected chi connectivity index (χ0v) is 15.3. The van der Waals surface area contributed by atoms with Gasteiger partial charge in [-0.25, -0.2) is 0 Å². The summed E-state index contributed by atoms with van der Waals surface area (Å²) in [6.07, 6.45) is -0.734. The smallest absolute Gasteiger partial charge is 0.237 e. The third-order valence-electron chi connectivity index (χ3n) is 5.66. The van der Waals surface area contributed by atoms with E-state index in [0.29, 0.717) is 0 Å². The molecule has 0 aliphatic heterocycles. The average molecular weight is 300 g/mol. The molecule has 0 aliphatic rings. The Hall–Kier alpha value is -1.10. The lowest BCUT2D eigenvalue weighted by Gasteiger charge is -2.55. The first kappa shape index (κ1) is 18.0. The van der Waals surface area contributed by atoms with Crippen LogP contribution in [0.5, 0.6) is 0 Å². The van der Waals surface area contributed by atoms with E-state index in [1.54, 1.807) is 7.05 Å². The van der Waals surface area contributed by atoms with Crippen molar-refractivity contribution >= 4 is 12.3 Å². The quantitative estimate of drug-likeness (QED) is 0.760. The van der Waals surface area contributed by atoms with Crippen LogP contribution in [0.3, 0.4) is 0 Å². The van der Waals surface area contributed by atoms with Gasteiger partial charge in [0.05, 0.1) is 6.04 Å². The summed E-state index contributed by atoms with van der Waals surface area (Å²) in [6.45, 7) is 13.6. The highest BCUT2D eigenvalue weighted by atomic mass is 16.2. The van der Waals surface area contributed by atoms with E-state index in [4.69, 9.17) is 1.37 Å². The highest BCUT2D eigenvalue weighted by Gasteiger charge is 2.50. The molecule has 5 nitrogen and oxygen atoms in total. The molecule has 0 aromatic carbocycles. The number of hydrogen-bond donors (Lipinski definition) is 1. The molecule has 0 rings (SSSR count). The van der Waals surface area contributed by atoms with Gasteiger partial charge in [-0.3, -0.25) is 14.5 Å². The van der Waals surface area contributed by atoms with Crippen LogP contribution >= 0.6 is 0 Å². The lowest BCUT2D eigenvalue weighted by Crippen LogP contribution is -2.66. The lowest BCUT2D eigenvalue weighted by molar-refractivity contribution is -0.133. The maximum absolute atomic E-state index is 12.4. The van der Waals surface area contributed by atoms with Crippen molar-refractivity contribution in [3.05, 3.63) is 0 Å². The van der Waals surface area contributed by atoms with E-state index in [9.17, 15) is 9.59 Å². The average Bonchev–Trinajstić information content (AvgIpc) is 2.35. The van der Waals surface area contributed by atoms with Crippen LogP contribution in [0.2, 0.25) is 0 Å². The maximum atomic E-state index is 12.4. The van der Waals surface area contributed by atoms with Crippen molar-refractivity contribution in [1.29, 1.82) is 0 Å². The SMILES string of the molecule is [2H]C(=O)N(C)C(C)(C)C(C)(C)C(C)(C)NC(=O)C(C)N(C)C. The molecule has 2 amide bonds. The van der Waals surface area contributed by atoms with Crippen LogP contribution in [0.4, 0.5) is 0 Å². The molecule has 0 heterocycles. The fourth-order valence-electron chi connectivity index (χ4n) is 2.10. The number of nitrogens with zero attached hydrogens (tertiary/aromatic N) is 2. The molecule has 1 unspecified atom stereocenters. The molecular weight excluding hydrogens is 266 g/mol. The van der Waals surface area contributed by atoms with Crippen LogP contribution in [-0.4, -0.2) is 60.4 Å². The van der Waals surface area contributed by atoms with Gasteiger partial charge >= 0.3 is 0 Å². The summed E-state index contributed by atoms with van der Waals surface area (Å²) in [6, 6.07) is -0.242. The predicted octanol–water partition coefficient (Wildman–Crippen LogP) is 1.72. The number of nitrogens with one attached hydrogen (secondary N) is 1. The van der Waals surface area contributed by atoms with Gasteiger partial charge in [0.2, 0.25) is 12.3 Å². The largest absolute Gasteiger partial charge is 0.349 e. The molecule has 1 N–H and O–H groups in total. The second-order valence-corrected chi connectivity index (χ2v) is 7.59. The summed E-state index contributed by atoms with van der Waals surface area (Å²) >= 11 is 0. The molecule has 1 atom stereocenters. The van der Waals surface area contributed by atoms with Crippen molar-refractivity contribution < 1.29 is 11.0 Å². The summed E-state index contributed by atoms with van der Waals surface area (Å²) in [5.41, 5.74) is -1.64. The zero-order chi connectivity index (χ0) is 18.1. The Kier molecular flexibility index (Phi) is 5.42. The number of hydrogen-bond acceptors (Lipinski definition) is 3. The summed E-state index contributed by atoms with van der Waals surface area (Å²) < 4.78 is 7.38. The summed E-state index contributed by atoms with van der Waals surface area (Å²) in [7, 11) is 5.34. The van der Waals surface area contributed by atoms with E-state index in [1.807, 2.05) is 67.5 Å². The fourth-order valence-corrected chi connectivity index (χ4v) is 2.10. The van der Waals surface area contributed by atoms with Crippen LogP contribution < -0.4 is 5.32 Å². The first-order valence-corrected chi connectivity index (χ1v) is 7.32. The van der Waals surface area contributed by atoms with Crippen molar-refractivity contribution in [2.24, 2.45) is 5.41 Å². The first-order valence-electron chi connectivity index (χ1n) is 7.82. The first-order chi connectivity index (χ1) is 9.59. The monoisotopic (exact) mass is 300 g/mol. The van der Waals surface area contributed by atoms with Gasteiger partial charge in [0.15, 0.2) is 0 Å². The third-order valence-corrected chi connectivity index (χ3v) is 5.66. The van der Waals surface area contributed by atoms with Crippen LogP contribution in [0, 0.1) is 5.41 Å². The zero-order valence-electron chi connectivity index (χ0n) is 16.3. The Morgan fingerprint density at radius 3 is 1.90 bits per heavy atom. The van der Waals surface area contributed by atoms with Gasteiger partial charge in [0.25, 0.3) is 0 Å². The van der Waals surface area contributed by atoms with Gasteiger partial charge in [-0.05, 0) is 48.7 Å². The minimum absolute atomic E-state index is 0.0567. The molecule has 0 aromatic rings. The molecule has 5 heteroatoms. The summed E-state index contributed by atoms with van der Waals surface area (Å²) in [4.78, 5) is 27.2.